The van der Waals surface area contributed by atoms with E-state index in [4.69, 9.17) is 5.26 Å². The number of nitrogens with zero attached hydrogens (tertiary/aromatic N) is 2. The first-order valence-corrected chi connectivity index (χ1v) is 8.26. The van der Waals surface area contributed by atoms with Gasteiger partial charge in [-0.15, -0.1) is 11.3 Å². The maximum Gasteiger partial charge on any atom is 0.243 e. The molecule has 2 aromatic rings. The quantitative estimate of drug-likeness (QED) is 0.872. The Kier molecular flexibility index (Phi) is 4.23. The molecule has 104 valence electrons. The Labute approximate surface area is 123 Å². The number of sulfonamides is 1. The Morgan fingerprint density at radius 3 is 2.40 bits per heavy atom. The highest BCUT2D eigenvalue weighted by molar-refractivity contribution is 7.89. The van der Waals surface area contributed by atoms with Gasteiger partial charge in [0.25, 0.3) is 0 Å². The lowest BCUT2D eigenvalue weighted by atomic mass is 10.2. The van der Waals surface area contributed by atoms with E-state index in [0.29, 0.717) is 12.1 Å². The van der Waals surface area contributed by atoms with E-state index in [9.17, 15) is 8.42 Å². The average molecular weight is 306 g/mol. The van der Waals surface area contributed by atoms with Crippen LogP contribution in [0.5, 0.6) is 0 Å². The second-order valence-electron chi connectivity index (χ2n) is 4.42. The molecule has 0 aliphatic heterocycles. The highest BCUT2D eigenvalue weighted by Crippen LogP contribution is 2.21. The first-order chi connectivity index (χ1) is 9.45. The van der Waals surface area contributed by atoms with Gasteiger partial charge in [0.1, 0.15) is 0 Å². The number of hydrogen-bond donors (Lipinski definition) is 0. The molecule has 1 heterocycles. The van der Waals surface area contributed by atoms with Crippen molar-refractivity contribution in [2.45, 2.75) is 18.4 Å². The monoisotopic (exact) mass is 306 g/mol. The molecule has 1 aromatic carbocycles. The third kappa shape index (κ3) is 2.90. The van der Waals surface area contributed by atoms with Crippen LogP contribution in [0, 0.1) is 18.3 Å². The standard InChI is InChI=1S/C14H14N2O2S2/c1-11-7-8-19-14(11)10-16(2)20(17,18)13-5-3-12(9-15)4-6-13/h3-8H,10H2,1-2H3. The molecule has 0 saturated carbocycles. The summed E-state index contributed by atoms with van der Waals surface area (Å²) in [6.07, 6.45) is 0. The fourth-order valence-electron chi connectivity index (χ4n) is 1.73. The minimum absolute atomic E-state index is 0.202. The van der Waals surface area contributed by atoms with Gasteiger partial charge in [-0.1, -0.05) is 0 Å². The van der Waals surface area contributed by atoms with Crippen LogP contribution in [0.25, 0.3) is 0 Å². The van der Waals surface area contributed by atoms with Crippen LogP contribution in [-0.2, 0) is 16.6 Å². The smallest absolute Gasteiger partial charge is 0.207 e. The van der Waals surface area contributed by atoms with E-state index in [1.165, 1.54) is 28.6 Å². The summed E-state index contributed by atoms with van der Waals surface area (Å²) >= 11 is 1.55. The highest BCUT2D eigenvalue weighted by Gasteiger charge is 2.21. The van der Waals surface area contributed by atoms with Crippen molar-refractivity contribution in [1.29, 1.82) is 5.26 Å². The van der Waals surface area contributed by atoms with E-state index < -0.39 is 10.0 Å². The maximum atomic E-state index is 12.4. The topological polar surface area (TPSA) is 61.2 Å². The van der Waals surface area contributed by atoms with E-state index in [2.05, 4.69) is 0 Å². The van der Waals surface area contributed by atoms with Gasteiger partial charge in [0.2, 0.25) is 10.0 Å². The average Bonchev–Trinajstić information content (AvgIpc) is 2.84. The summed E-state index contributed by atoms with van der Waals surface area (Å²) in [6, 6.07) is 9.90. The lowest BCUT2D eigenvalue weighted by Crippen LogP contribution is -2.26. The largest absolute Gasteiger partial charge is 0.243 e. The van der Waals surface area contributed by atoms with Crippen molar-refractivity contribution in [2.75, 3.05) is 7.05 Å². The zero-order valence-electron chi connectivity index (χ0n) is 11.2. The molecule has 1 aromatic heterocycles. The summed E-state index contributed by atoms with van der Waals surface area (Å²) < 4.78 is 26.2. The number of aryl methyl sites for hydroxylation is 1. The molecular weight excluding hydrogens is 292 g/mol. The van der Waals surface area contributed by atoms with Gasteiger partial charge in [-0.2, -0.15) is 9.57 Å². The van der Waals surface area contributed by atoms with Gasteiger partial charge < -0.3 is 0 Å². The Hall–Kier alpha value is -1.68. The van der Waals surface area contributed by atoms with Crippen LogP contribution < -0.4 is 0 Å². The van der Waals surface area contributed by atoms with Crippen LogP contribution in [0.2, 0.25) is 0 Å². The predicted molar refractivity (Wildman–Crippen MR) is 78.9 cm³/mol. The molecule has 0 fully saturated rings. The van der Waals surface area contributed by atoms with Gasteiger partial charge in [-0.25, -0.2) is 8.42 Å². The Morgan fingerprint density at radius 1 is 1.25 bits per heavy atom. The minimum Gasteiger partial charge on any atom is -0.207 e. The van der Waals surface area contributed by atoms with E-state index >= 15 is 0 Å². The Balaban J connectivity index is 2.25. The molecule has 0 aliphatic rings. The molecule has 0 atom stereocenters. The zero-order chi connectivity index (χ0) is 14.8. The van der Waals surface area contributed by atoms with Crippen LogP contribution in [0.4, 0.5) is 0 Å². The lowest BCUT2D eigenvalue weighted by molar-refractivity contribution is 0.469. The van der Waals surface area contributed by atoms with Crippen molar-refractivity contribution in [3.63, 3.8) is 0 Å². The van der Waals surface area contributed by atoms with Crippen molar-refractivity contribution in [3.8, 4) is 6.07 Å². The normalized spacial score (nSPS) is 11.5. The van der Waals surface area contributed by atoms with Crippen LogP contribution >= 0.6 is 11.3 Å². The lowest BCUT2D eigenvalue weighted by Gasteiger charge is -2.17. The number of rotatable bonds is 4. The molecule has 0 amide bonds. The van der Waals surface area contributed by atoms with E-state index in [0.717, 1.165) is 10.4 Å². The van der Waals surface area contributed by atoms with E-state index in [-0.39, 0.29) is 4.90 Å². The minimum atomic E-state index is -3.53. The summed E-state index contributed by atoms with van der Waals surface area (Å²) in [5.41, 5.74) is 1.54. The van der Waals surface area contributed by atoms with Crippen LogP contribution in [0.15, 0.2) is 40.6 Å². The van der Waals surface area contributed by atoms with Crippen molar-refractivity contribution in [1.82, 2.24) is 4.31 Å². The van der Waals surface area contributed by atoms with Crippen molar-refractivity contribution < 1.29 is 8.42 Å². The molecular formula is C14H14N2O2S2. The van der Waals surface area contributed by atoms with Crippen molar-refractivity contribution >= 4 is 21.4 Å². The first-order valence-electron chi connectivity index (χ1n) is 5.94. The number of benzene rings is 1. The summed E-state index contributed by atoms with van der Waals surface area (Å²) in [6.45, 7) is 2.32. The predicted octanol–water partition coefficient (Wildman–Crippen LogP) is 2.75. The molecule has 0 spiro atoms. The molecule has 0 radical (unpaired) electrons. The maximum absolute atomic E-state index is 12.4. The second-order valence-corrected chi connectivity index (χ2v) is 7.47. The Morgan fingerprint density at radius 2 is 1.90 bits per heavy atom. The molecule has 0 aliphatic carbocycles. The zero-order valence-corrected chi connectivity index (χ0v) is 12.8. The summed E-state index contributed by atoms with van der Waals surface area (Å²) in [5.74, 6) is 0. The number of nitriles is 1. The van der Waals surface area contributed by atoms with Crippen LogP contribution in [0.3, 0.4) is 0 Å². The van der Waals surface area contributed by atoms with Gasteiger partial charge in [0.15, 0.2) is 0 Å². The van der Waals surface area contributed by atoms with Gasteiger partial charge in [-0.3, -0.25) is 0 Å². The Bertz CT molecular complexity index is 740. The summed E-state index contributed by atoms with van der Waals surface area (Å²) in [5, 5.41) is 10.7. The highest BCUT2D eigenvalue weighted by atomic mass is 32.2. The second kappa shape index (κ2) is 5.75. The third-order valence-corrected chi connectivity index (χ3v) is 5.85. The van der Waals surface area contributed by atoms with E-state index in [1.54, 1.807) is 18.4 Å². The number of thiophene rings is 1. The van der Waals surface area contributed by atoms with Gasteiger partial charge in [0.05, 0.1) is 16.5 Å². The SMILES string of the molecule is Cc1ccsc1CN(C)S(=O)(=O)c1ccc(C#N)cc1. The third-order valence-electron chi connectivity index (χ3n) is 3.03. The molecule has 20 heavy (non-hydrogen) atoms. The fraction of sp³-hybridized carbons (Fsp3) is 0.214. The van der Waals surface area contributed by atoms with Crippen molar-refractivity contribution in [2.24, 2.45) is 0 Å². The van der Waals surface area contributed by atoms with E-state index in [1.807, 2.05) is 24.4 Å². The summed E-state index contributed by atoms with van der Waals surface area (Å²) in [7, 11) is -1.96. The molecule has 0 unspecified atom stereocenters. The van der Waals surface area contributed by atoms with Crippen LogP contribution in [0.1, 0.15) is 16.0 Å². The number of hydrogen-bond acceptors (Lipinski definition) is 4. The van der Waals surface area contributed by atoms with Crippen LogP contribution in [-0.4, -0.2) is 19.8 Å². The fourth-order valence-corrected chi connectivity index (χ4v) is 3.91. The molecule has 4 nitrogen and oxygen atoms in total. The molecule has 6 heteroatoms. The first kappa shape index (κ1) is 14.7. The van der Waals surface area contributed by atoms with Gasteiger partial charge in [0, 0.05) is 18.5 Å². The molecule has 0 bridgehead atoms. The van der Waals surface area contributed by atoms with Gasteiger partial charge >= 0.3 is 0 Å². The van der Waals surface area contributed by atoms with Crippen molar-refractivity contribution in [3.05, 3.63) is 51.7 Å². The molecule has 0 N–H and O–H groups in total. The summed E-state index contributed by atoms with van der Waals surface area (Å²) in [4.78, 5) is 1.23. The molecule has 0 saturated heterocycles. The molecule has 2 rings (SSSR count). The van der Waals surface area contributed by atoms with Gasteiger partial charge in [-0.05, 0) is 48.2 Å².